The summed E-state index contributed by atoms with van der Waals surface area (Å²) >= 11 is 0. The quantitative estimate of drug-likeness (QED) is 0.167. The number of nitrogens with two attached hydrogens (primary N) is 3. The van der Waals surface area contributed by atoms with Crippen molar-refractivity contribution in [1.82, 2.24) is 0 Å². The highest BCUT2D eigenvalue weighted by Gasteiger charge is 2.32. The standard InChI is InChI=1S/C14H33N3O8/c1-18-2-3-19-10-14(11-20-4-7-23-15,12-21-5-8-24-16)13-22-6-9-25-17/h2-13,15-17H2,1H3. The SMILES string of the molecule is COCCOCC(COCCON)(COCCON)COCCON. The van der Waals surface area contributed by atoms with E-state index in [9.17, 15) is 0 Å². The van der Waals surface area contributed by atoms with Gasteiger partial charge in [0.2, 0.25) is 0 Å². The second kappa shape index (κ2) is 18.4. The van der Waals surface area contributed by atoms with Crippen molar-refractivity contribution < 1.29 is 38.2 Å². The molecule has 11 nitrogen and oxygen atoms in total. The van der Waals surface area contributed by atoms with Crippen molar-refractivity contribution >= 4 is 0 Å². The summed E-state index contributed by atoms with van der Waals surface area (Å²) in [6, 6.07) is 0. The highest BCUT2D eigenvalue weighted by molar-refractivity contribution is 4.79. The molecule has 0 saturated carbocycles. The average molecular weight is 371 g/mol. The molecule has 152 valence electrons. The molecule has 0 atom stereocenters. The maximum absolute atomic E-state index is 5.68. The van der Waals surface area contributed by atoms with Gasteiger partial charge >= 0.3 is 0 Å². The van der Waals surface area contributed by atoms with Crippen molar-refractivity contribution in [2.75, 3.05) is 86.4 Å². The predicted molar refractivity (Wildman–Crippen MR) is 88.0 cm³/mol. The zero-order chi connectivity index (χ0) is 18.6. The van der Waals surface area contributed by atoms with Crippen LogP contribution in [0.25, 0.3) is 0 Å². The van der Waals surface area contributed by atoms with Crippen LogP contribution in [0.4, 0.5) is 0 Å². The molecule has 0 spiro atoms. The minimum Gasteiger partial charge on any atom is -0.382 e. The Kier molecular flexibility index (Phi) is 18.0. The first-order chi connectivity index (χ1) is 12.2. The van der Waals surface area contributed by atoms with Crippen LogP contribution in [-0.4, -0.2) is 86.4 Å². The fourth-order valence-corrected chi connectivity index (χ4v) is 1.87. The number of hydrogen-bond acceptors (Lipinski definition) is 11. The highest BCUT2D eigenvalue weighted by atomic mass is 16.6. The van der Waals surface area contributed by atoms with Gasteiger partial charge in [-0.1, -0.05) is 0 Å². The van der Waals surface area contributed by atoms with Gasteiger partial charge in [-0.25, -0.2) is 17.7 Å². The van der Waals surface area contributed by atoms with Gasteiger partial charge in [-0.15, -0.1) is 0 Å². The lowest BCUT2D eigenvalue weighted by Gasteiger charge is -2.33. The first kappa shape index (κ1) is 24.6. The molecule has 25 heavy (non-hydrogen) atoms. The van der Waals surface area contributed by atoms with Crippen LogP contribution in [0.1, 0.15) is 0 Å². The number of methoxy groups -OCH3 is 1. The lowest BCUT2D eigenvalue weighted by Crippen LogP contribution is -2.43. The Labute approximate surface area is 148 Å². The van der Waals surface area contributed by atoms with Crippen LogP contribution in [0, 0.1) is 5.41 Å². The predicted octanol–water partition coefficient (Wildman–Crippen LogP) is -1.64. The third-order valence-corrected chi connectivity index (χ3v) is 3.10. The van der Waals surface area contributed by atoms with Gasteiger partial charge in [0, 0.05) is 7.11 Å². The molecule has 0 heterocycles. The summed E-state index contributed by atoms with van der Waals surface area (Å²) in [4.78, 5) is 13.5. The third-order valence-electron chi connectivity index (χ3n) is 3.10. The van der Waals surface area contributed by atoms with Gasteiger partial charge in [-0.05, 0) is 0 Å². The fourth-order valence-electron chi connectivity index (χ4n) is 1.87. The summed E-state index contributed by atoms with van der Waals surface area (Å²) in [5.41, 5.74) is -0.536. The zero-order valence-corrected chi connectivity index (χ0v) is 15.0. The number of rotatable bonds is 20. The molecule has 0 saturated heterocycles. The van der Waals surface area contributed by atoms with Crippen LogP contribution in [0.5, 0.6) is 0 Å². The molecule has 0 amide bonds. The molecular formula is C14H33N3O8. The summed E-state index contributed by atoms with van der Waals surface area (Å²) in [7, 11) is 1.61. The molecule has 0 aliphatic rings. The molecule has 0 bridgehead atoms. The summed E-state index contributed by atoms with van der Waals surface area (Å²) in [5.74, 6) is 15.0. The van der Waals surface area contributed by atoms with E-state index in [1.807, 2.05) is 0 Å². The Morgan fingerprint density at radius 3 is 1.12 bits per heavy atom. The number of ether oxygens (including phenoxy) is 5. The van der Waals surface area contributed by atoms with Gasteiger partial charge < -0.3 is 38.2 Å². The van der Waals surface area contributed by atoms with E-state index in [-0.39, 0.29) is 19.8 Å². The van der Waals surface area contributed by atoms with Gasteiger partial charge in [0.25, 0.3) is 0 Å². The molecule has 0 radical (unpaired) electrons. The van der Waals surface area contributed by atoms with E-state index in [1.165, 1.54) is 0 Å². The first-order valence-corrected chi connectivity index (χ1v) is 7.99. The van der Waals surface area contributed by atoms with Crippen LogP contribution in [0.3, 0.4) is 0 Å². The Morgan fingerprint density at radius 2 is 0.840 bits per heavy atom. The Bertz CT molecular complexity index is 223. The topological polar surface area (TPSA) is 152 Å². The summed E-state index contributed by atoms with van der Waals surface area (Å²) < 4.78 is 27.5. The third kappa shape index (κ3) is 14.4. The molecule has 0 aromatic rings. The molecular weight excluding hydrogens is 338 g/mol. The minimum absolute atomic E-state index is 0.282. The lowest BCUT2D eigenvalue weighted by molar-refractivity contribution is -0.120. The number of hydrogen-bond donors (Lipinski definition) is 3. The van der Waals surface area contributed by atoms with Crippen LogP contribution in [0.2, 0.25) is 0 Å². The molecule has 0 aromatic heterocycles. The van der Waals surface area contributed by atoms with Crippen molar-refractivity contribution in [3.8, 4) is 0 Å². The Balaban J connectivity index is 4.62. The molecule has 0 aliphatic heterocycles. The van der Waals surface area contributed by atoms with Gasteiger partial charge in [0.05, 0.1) is 84.7 Å². The normalized spacial score (nSPS) is 12.0. The average Bonchev–Trinajstić information content (AvgIpc) is 2.63. The van der Waals surface area contributed by atoms with E-state index in [2.05, 4.69) is 14.5 Å². The maximum atomic E-state index is 5.68. The van der Waals surface area contributed by atoms with E-state index in [4.69, 9.17) is 41.4 Å². The van der Waals surface area contributed by atoms with E-state index in [0.29, 0.717) is 59.5 Å². The summed E-state index contributed by atoms with van der Waals surface area (Å²) in [6.07, 6.45) is 0. The monoisotopic (exact) mass is 371 g/mol. The van der Waals surface area contributed by atoms with Crippen molar-refractivity contribution in [3.63, 3.8) is 0 Å². The maximum Gasteiger partial charge on any atom is 0.0913 e. The van der Waals surface area contributed by atoms with E-state index in [1.54, 1.807) is 7.11 Å². The Hall–Kier alpha value is -0.440. The molecule has 0 aromatic carbocycles. The fraction of sp³-hybridized carbons (Fsp3) is 1.00. The first-order valence-electron chi connectivity index (χ1n) is 7.99. The van der Waals surface area contributed by atoms with Crippen LogP contribution in [0.15, 0.2) is 0 Å². The van der Waals surface area contributed by atoms with Gasteiger partial charge in [-0.2, -0.15) is 0 Å². The van der Waals surface area contributed by atoms with Gasteiger partial charge in [0.1, 0.15) is 0 Å². The van der Waals surface area contributed by atoms with Crippen molar-refractivity contribution in [2.24, 2.45) is 23.1 Å². The van der Waals surface area contributed by atoms with E-state index in [0.717, 1.165) is 0 Å². The molecule has 0 rings (SSSR count). The molecule has 0 fully saturated rings. The molecule has 0 unspecified atom stereocenters. The second-order valence-corrected chi connectivity index (χ2v) is 5.32. The van der Waals surface area contributed by atoms with Crippen LogP contribution in [-0.2, 0) is 38.2 Å². The lowest BCUT2D eigenvalue weighted by atomic mass is 9.92. The van der Waals surface area contributed by atoms with Gasteiger partial charge in [0.15, 0.2) is 0 Å². The van der Waals surface area contributed by atoms with E-state index < -0.39 is 5.41 Å². The summed E-state index contributed by atoms with van der Waals surface area (Å²) in [6.45, 7) is 4.15. The Morgan fingerprint density at radius 1 is 0.520 bits per heavy atom. The zero-order valence-electron chi connectivity index (χ0n) is 15.0. The van der Waals surface area contributed by atoms with Crippen molar-refractivity contribution in [1.29, 1.82) is 0 Å². The smallest absolute Gasteiger partial charge is 0.0913 e. The van der Waals surface area contributed by atoms with Crippen LogP contribution >= 0.6 is 0 Å². The van der Waals surface area contributed by atoms with Crippen LogP contribution < -0.4 is 17.7 Å². The van der Waals surface area contributed by atoms with Crippen molar-refractivity contribution in [2.45, 2.75) is 0 Å². The largest absolute Gasteiger partial charge is 0.382 e. The van der Waals surface area contributed by atoms with Crippen molar-refractivity contribution in [3.05, 3.63) is 0 Å². The second-order valence-electron chi connectivity index (χ2n) is 5.32. The minimum atomic E-state index is -0.536. The van der Waals surface area contributed by atoms with E-state index >= 15 is 0 Å². The molecule has 6 N–H and O–H groups in total. The highest BCUT2D eigenvalue weighted by Crippen LogP contribution is 2.21. The molecule has 0 aliphatic carbocycles. The summed E-state index contributed by atoms with van der Waals surface area (Å²) in [5, 5.41) is 0. The molecule has 11 heteroatoms. The van der Waals surface area contributed by atoms with Gasteiger partial charge in [-0.3, -0.25) is 0 Å².